The second kappa shape index (κ2) is 7.01. The Morgan fingerprint density at radius 3 is 2.83 bits per heavy atom. The maximum Gasteiger partial charge on any atom is 0.234 e. The summed E-state index contributed by atoms with van der Waals surface area (Å²) < 4.78 is 1.68. The van der Waals surface area contributed by atoms with E-state index in [0.29, 0.717) is 20.8 Å². The number of halogens is 2. The summed E-state index contributed by atoms with van der Waals surface area (Å²) in [6.07, 6.45) is 1.67. The summed E-state index contributed by atoms with van der Waals surface area (Å²) in [5, 5.41) is 12.5. The fourth-order valence-electron chi connectivity index (χ4n) is 2.19. The van der Waals surface area contributed by atoms with Crippen LogP contribution in [-0.4, -0.2) is 26.3 Å². The monoisotopic (exact) mass is 380 g/mol. The Hall–Kier alpha value is -1.76. The molecule has 8 heteroatoms. The molecule has 1 aromatic carbocycles. The molecule has 3 aromatic rings. The van der Waals surface area contributed by atoms with E-state index in [4.69, 9.17) is 23.2 Å². The lowest BCUT2D eigenvalue weighted by Gasteiger charge is -2.09. The topological polar surface area (TPSA) is 59.3 Å². The molecule has 0 radical (unpaired) electrons. The number of hydrogen-bond acceptors (Lipinski definition) is 4. The number of thioether (sulfide) groups is 1. The number of fused-ring (bicyclic) bond motifs is 1. The van der Waals surface area contributed by atoms with Crippen LogP contribution in [-0.2, 0) is 4.79 Å². The summed E-state index contributed by atoms with van der Waals surface area (Å²) in [5.41, 5.74) is 3.44. The number of rotatable bonds is 4. The largest absolute Gasteiger partial charge is 0.325 e. The van der Waals surface area contributed by atoms with E-state index in [9.17, 15) is 4.79 Å². The highest BCUT2D eigenvalue weighted by Gasteiger charge is 2.13. The number of benzene rings is 1. The molecule has 0 aliphatic carbocycles. The predicted octanol–water partition coefficient (Wildman–Crippen LogP) is 4.38. The van der Waals surface area contributed by atoms with E-state index in [1.807, 2.05) is 32.0 Å². The molecule has 0 spiro atoms. The van der Waals surface area contributed by atoms with Gasteiger partial charge in [-0.2, -0.15) is 0 Å². The Bertz CT molecular complexity index is 926. The molecule has 1 N–H and O–H groups in total. The lowest BCUT2D eigenvalue weighted by atomic mass is 10.1. The average Bonchev–Trinajstić information content (AvgIpc) is 2.92. The summed E-state index contributed by atoms with van der Waals surface area (Å²) in [4.78, 5) is 12.2. The molecule has 0 saturated carbocycles. The Morgan fingerprint density at radius 2 is 2.04 bits per heavy atom. The second-order valence-electron chi connectivity index (χ2n) is 5.34. The van der Waals surface area contributed by atoms with E-state index in [2.05, 4.69) is 15.5 Å². The number of aromatic nitrogens is 3. The average molecular weight is 381 g/mol. The van der Waals surface area contributed by atoms with Crippen LogP contribution in [0.1, 0.15) is 11.1 Å². The summed E-state index contributed by atoms with van der Waals surface area (Å²) >= 11 is 13.4. The number of anilines is 1. The first-order valence-electron chi connectivity index (χ1n) is 7.14. The molecule has 0 unspecified atom stereocenters. The summed E-state index contributed by atoms with van der Waals surface area (Å²) in [7, 11) is 0. The number of hydrogen-bond donors (Lipinski definition) is 1. The van der Waals surface area contributed by atoms with Crippen LogP contribution >= 0.6 is 35.0 Å². The molecule has 5 nitrogen and oxygen atoms in total. The molecule has 0 saturated heterocycles. The maximum absolute atomic E-state index is 12.2. The van der Waals surface area contributed by atoms with Gasteiger partial charge < -0.3 is 5.32 Å². The van der Waals surface area contributed by atoms with Gasteiger partial charge in [0.25, 0.3) is 0 Å². The standard InChI is InChI=1S/C16H14Cl2N4OS/c1-9-3-4-10(2)13(5-9)19-14(23)8-24-16-21-20-15-12(18)6-11(17)7-22(15)16/h3-7H,8H2,1-2H3,(H,19,23). The SMILES string of the molecule is Cc1ccc(C)c(NC(=O)CSc2nnc3c(Cl)cc(Cl)cn23)c1. The highest BCUT2D eigenvalue weighted by molar-refractivity contribution is 7.99. The van der Waals surface area contributed by atoms with E-state index in [0.717, 1.165) is 16.8 Å². The van der Waals surface area contributed by atoms with E-state index in [1.165, 1.54) is 11.8 Å². The van der Waals surface area contributed by atoms with E-state index >= 15 is 0 Å². The Morgan fingerprint density at radius 1 is 1.25 bits per heavy atom. The zero-order valence-corrected chi connectivity index (χ0v) is 15.3. The number of carbonyl (C=O) groups excluding carboxylic acids is 1. The van der Waals surface area contributed by atoms with Crippen LogP contribution in [0.5, 0.6) is 0 Å². The van der Waals surface area contributed by atoms with Crippen molar-refractivity contribution < 1.29 is 4.79 Å². The van der Waals surface area contributed by atoms with Gasteiger partial charge in [-0.3, -0.25) is 9.20 Å². The first kappa shape index (κ1) is 17.1. The third-order valence-corrected chi connectivity index (χ3v) is 4.82. The van der Waals surface area contributed by atoms with Gasteiger partial charge in [-0.05, 0) is 37.1 Å². The van der Waals surface area contributed by atoms with Crippen LogP contribution in [0.2, 0.25) is 10.0 Å². The highest BCUT2D eigenvalue weighted by Crippen LogP contribution is 2.25. The van der Waals surface area contributed by atoms with E-state index in [-0.39, 0.29) is 11.7 Å². The van der Waals surface area contributed by atoms with E-state index in [1.54, 1.807) is 16.7 Å². The van der Waals surface area contributed by atoms with Crippen LogP contribution < -0.4 is 5.32 Å². The van der Waals surface area contributed by atoms with E-state index < -0.39 is 0 Å². The van der Waals surface area contributed by atoms with Crippen LogP contribution in [0.25, 0.3) is 5.65 Å². The van der Waals surface area contributed by atoms with Crippen molar-refractivity contribution in [1.29, 1.82) is 0 Å². The van der Waals surface area contributed by atoms with Gasteiger partial charge in [0.1, 0.15) is 0 Å². The molecule has 0 fully saturated rings. The van der Waals surface area contributed by atoms with Crippen molar-refractivity contribution in [1.82, 2.24) is 14.6 Å². The normalized spacial score (nSPS) is 11.0. The molecule has 24 heavy (non-hydrogen) atoms. The number of nitrogens with one attached hydrogen (secondary N) is 1. The molecule has 0 aliphatic heterocycles. The smallest absolute Gasteiger partial charge is 0.234 e. The molecule has 2 heterocycles. The van der Waals surface area contributed by atoms with Gasteiger partial charge in [0, 0.05) is 11.9 Å². The van der Waals surface area contributed by atoms with Crippen molar-refractivity contribution in [2.45, 2.75) is 19.0 Å². The van der Waals surface area contributed by atoms with Crippen LogP contribution in [0.3, 0.4) is 0 Å². The Labute approximate surface area is 153 Å². The number of pyridine rings is 1. The highest BCUT2D eigenvalue weighted by atomic mass is 35.5. The minimum atomic E-state index is -0.112. The van der Waals surface area contributed by atoms with Gasteiger partial charge in [-0.25, -0.2) is 0 Å². The number of carbonyl (C=O) groups is 1. The third-order valence-electron chi connectivity index (χ3n) is 3.39. The quantitative estimate of drug-likeness (QED) is 0.682. The molecule has 0 atom stereocenters. The fraction of sp³-hybridized carbons (Fsp3) is 0.188. The first-order chi connectivity index (χ1) is 11.4. The summed E-state index contributed by atoms with van der Waals surface area (Å²) in [5.74, 6) is 0.0942. The zero-order valence-electron chi connectivity index (χ0n) is 13.0. The van der Waals surface area contributed by atoms with Gasteiger partial charge in [-0.1, -0.05) is 47.1 Å². The molecule has 0 bridgehead atoms. The Balaban J connectivity index is 1.72. The second-order valence-corrected chi connectivity index (χ2v) is 7.12. The lowest BCUT2D eigenvalue weighted by Crippen LogP contribution is -2.15. The van der Waals surface area contributed by atoms with Crippen LogP contribution in [0.15, 0.2) is 35.6 Å². The third kappa shape index (κ3) is 3.66. The van der Waals surface area contributed by atoms with Crippen molar-refractivity contribution in [2.24, 2.45) is 0 Å². The van der Waals surface area contributed by atoms with Crippen LogP contribution in [0, 0.1) is 13.8 Å². The molecule has 3 rings (SSSR count). The Kier molecular flexibility index (Phi) is 4.99. The molecule has 0 aliphatic rings. The fourth-order valence-corrected chi connectivity index (χ4v) is 3.41. The minimum absolute atomic E-state index is 0.112. The van der Waals surface area contributed by atoms with Crippen molar-refractivity contribution in [3.05, 3.63) is 51.6 Å². The van der Waals surface area contributed by atoms with Crippen molar-refractivity contribution >= 4 is 52.2 Å². The molecule has 1 amide bonds. The summed E-state index contributed by atoms with van der Waals surface area (Å²) in [6, 6.07) is 7.54. The number of aryl methyl sites for hydroxylation is 2. The number of amides is 1. The first-order valence-corrected chi connectivity index (χ1v) is 8.88. The van der Waals surface area contributed by atoms with Gasteiger partial charge in [0.05, 0.1) is 15.8 Å². The maximum atomic E-state index is 12.2. The van der Waals surface area contributed by atoms with Crippen molar-refractivity contribution in [3.8, 4) is 0 Å². The molecule has 124 valence electrons. The van der Waals surface area contributed by atoms with Gasteiger partial charge in [0.2, 0.25) is 5.91 Å². The lowest BCUT2D eigenvalue weighted by molar-refractivity contribution is -0.113. The van der Waals surface area contributed by atoms with Crippen molar-refractivity contribution in [3.63, 3.8) is 0 Å². The van der Waals surface area contributed by atoms with Gasteiger partial charge in [-0.15, -0.1) is 10.2 Å². The van der Waals surface area contributed by atoms with Gasteiger partial charge in [0.15, 0.2) is 10.8 Å². The van der Waals surface area contributed by atoms with Crippen molar-refractivity contribution in [2.75, 3.05) is 11.1 Å². The molecular weight excluding hydrogens is 367 g/mol. The van der Waals surface area contributed by atoms with Crippen LogP contribution in [0.4, 0.5) is 5.69 Å². The predicted molar refractivity (Wildman–Crippen MR) is 98.3 cm³/mol. The zero-order chi connectivity index (χ0) is 17.3. The van der Waals surface area contributed by atoms with Gasteiger partial charge >= 0.3 is 0 Å². The minimum Gasteiger partial charge on any atom is -0.325 e. The summed E-state index contributed by atoms with van der Waals surface area (Å²) in [6.45, 7) is 3.94. The molecular formula is C16H14Cl2N4OS. The number of nitrogens with zero attached hydrogens (tertiary/aromatic N) is 3. The molecule has 2 aromatic heterocycles.